The SMILES string of the molecule is C#CCCOC(=O)N(C)CCN(C)C(=O)OC(C)(C)C. The largest absolute Gasteiger partial charge is 0.448 e. The van der Waals surface area contributed by atoms with Gasteiger partial charge in [0.25, 0.3) is 0 Å². The molecule has 0 bridgehead atoms. The van der Waals surface area contributed by atoms with Crippen LogP contribution in [0.2, 0.25) is 0 Å². The Morgan fingerprint density at radius 2 is 1.60 bits per heavy atom. The Balaban J connectivity index is 4.05. The average Bonchev–Trinajstić information content (AvgIpc) is 2.33. The average molecular weight is 284 g/mol. The molecule has 0 saturated carbocycles. The topological polar surface area (TPSA) is 59.1 Å². The van der Waals surface area contributed by atoms with E-state index in [4.69, 9.17) is 15.9 Å². The number of hydrogen-bond donors (Lipinski definition) is 0. The summed E-state index contributed by atoms with van der Waals surface area (Å²) < 4.78 is 10.1. The molecular weight excluding hydrogens is 260 g/mol. The van der Waals surface area contributed by atoms with Crippen LogP contribution in [-0.2, 0) is 9.47 Å². The summed E-state index contributed by atoms with van der Waals surface area (Å²) in [7, 11) is 3.22. The van der Waals surface area contributed by atoms with Crippen molar-refractivity contribution in [1.29, 1.82) is 0 Å². The Labute approximate surface area is 121 Å². The molecule has 2 amide bonds. The summed E-state index contributed by atoms with van der Waals surface area (Å²) in [5.74, 6) is 2.38. The maximum atomic E-state index is 11.7. The van der Waals surface area contributed by atoms with Gasteiger partial charge >= 0.3 is 12.2 Å². The molecule has 0 rings (SSSR count). The fourth-order valence-corrected chi connectivity index (χ4v) is 1.13. The first kappa shape index (κ1) is 18.1. The van der Waals surface area contributed by atoms with Crippen LogP contribution in [0.3, 0.4) is 0 Å². The molecule has 0 spiro atoms. The van der Waals surface area contributed by atoms with Crippen molar-refractivity contribution in [3.63, 3.8) is 0 Å². The highest BCUT2D eigenvalue weighted by Crippen LogP contribution is 2.08. The van der Waals surface area contributed by atoms with Crippen LogP contribution in [0.4, 0.5) is 9.59 Å². The molecule has 0 aromatic heterocycles. The fourth-order valence-electron chi connectivity index (χ4n) is 1.13. The number of nitrogens with zero attached hydrogens (tertiary/aromatic N) is 2. The molecule has 6 heteroatoms. The Hall–Kier alpha value is -1.90. The smallest absolute Gasteiger partial charge is 0.410 e. The van der Waals surface area contributed by atoms with Crippen LogP contribution in [0.15, 0.2) is 0 Å². The molecule has 0 radical (unpaired) electrons. The van der Waals surface area contributed by atoms with E-state index in [1.54, 1.807) is 34.9 Å². The van der Waals surface area contributed by atoms with Crippen LogP contribution in [0, 0.1) is 12.3 Å². The third kappa shape index (κ3) is 8.25. The summed E-state index contributed by atoms with van der Waals surface area (Å²) in [6, 6.07) is 0. The van der Waals surface area contributed by atoms with Crippen molar-refractivity contribution in [3.05, 3.63) is 0 Å². The first-order valence-electron chi connectivity index (χ1n) is 6.43. The monoisotopic (exact) mass is 284 g/mol. The van der Waals surface area contributed by atoms with Crippen molar-refractivity contribution in [2.45, 2.75) is 32.8 Å². The van der Waals surface area contributed by atoms with Gasteiger partial charge in [-0.1, -0.05) is 0 Å². The maximum absolute atomic E-state index is 11.7. The van der Waals surface area contributed by atoms with E-state index in [0.29, 0.717) is 19.5 Å². The first-order valence-corrected chi connectivity index (χ1v) is 6.43. The lowest BCUT2D eigenvalue weighted by Gasteiger charge is -2.26. The summed E-state index contributed by atoms with van der Waals surface area (Å²) in [5.41, 5.74) is -0.536. The number of likely N-dealkylation sites (N-methyl/N-ethyl adjacent to an activating group) is 2. The van der Waals surface area contributed by atoms with Gasteiger partial charge in [0.15, 0.2) is 0 Å². The van der Waals surface area contributed by atoms with Gasteiger partial charge in [-0.05, 0) is 20.8 Å². The van der Waals surface area contributed by atoms with E-state index < -0.39 is 17.8 Å². The number of rotatable bonds is 5. The molecule has 0 aliphatic rings. The van der Waals surface area contributed by atoms with E-state index in [9.17, 15) is 9.59 Å². The molecule has 0 unspecified atom stereocenters. The minimum absolute atomic E-state index is 0.196. The molecule has 20 heavy (non-hydrogen) atoms. The second-order valence-electron chi connectivity index (χ2n) is 5.39. The van der Waals surface area contributed by atoms with Crippen molar-refractivity contribution in [2.75, 3.05) is 33.8 Å². The van der Waals surface area contributed by atoms with E-state index in [2.05, 4.69) is 5.92 Å². The summed E-state index contributed by atoms with van der Waals surface area (Å²) in [4.78, 5) is 26.0. The van der Waals surface area contributed by atoms with E-state index in [-0.39, 0.29) is 6.61 Å². The predicted octanol–water partition coefficient (Wildman–Crippen LogP) is 1.94. The third-order valence-corrected chi connectivity index (χ3v) is 2.26. The number of terminal acetylenes is 1. The summed E-state index contributed by atoms with van der Waals surface area (Å²) in [6.07, 6.45) is 4.56. The molecular formula is C14H24N2O4. The summed E-state index contributed by atoms with van der Waals surface area (Å²) in [5, 5.41) is 0. The van der Waals surface area contributed by atoms with Crippen molar-refractivity contribution >= 4 is 12.2 Å². The Morgan fingerprint density at radius 3 is 2.05 bits per heavy atom. The Bertz CT molecular complexity index is 368. The maximum Gasteiger partial charge on any atom is 0.410 e. The van der Waals surface area contributed by atoms with Crippen LogP contribution in [-0.4, -0.2) is 61.4 Å². The van der Waals surface area contributed by atoms with E-state index >= 15 is 0 Å². The lowest BCUT2D eigenvalue weighted by molar-refractivity contribution is 0.0282. The molecule has 6 nitrogen and oxygen atoms in total. The van der Waals surface area contributed by atoms with Gasteiger partial charge in [-0.15, -0.1) is 12.3 Å². The molecule has 0 aliphatic heterocycles. The van der Waals surface area contributed by atoms with Crippen molar-refractivity contribution in [2.24, 2.45) is 0 Å². The molecule has 0 atom stereocenters. The van der Waals surface area contributed by atoms with Gasteiger partial charge in [0, 0.05) is 33.6 Å². The number of carbonyl (C=O) groups excluding carboxylic acids is 2. The van der Waals surface area contributed by atoms with Gasteiger partial charge in [-0.2, -0.15) is 0 Å². The van der Waals surface area contributed by atoms with Crippen LogP contribution < -0.4 is 0 Å². The zero-order valence-electron chi connectivity index (χ0n) is 12.9. The van der Waals surface area contributed by atoms with Crippen molar-refractivity contribution in [1.82, 2.24) is 9.80 Å². The van der Waals surface area contributed by atoms with Gasteiger partial charge in [0.1, 0.15) is 12.2 Å². The minimum Gasteiger partial charge on any atom is -0.448 e. The van der Waals surface area contributed by atoms with Crippen molar-refractivity contribution < 1.29 is 19.1 Å². The second kappa shape index (κ2) is 8.31. The van der Waals surface area contributed by atoms with Gasteiger partial charge in [-0.3, -0.25) is 0 Å². The molecule has 0 aliphatic carbocycles. The number of amides is 2. The van der Waals surface area contributed by atoms with Crippen LogP contribution in [0.1, 0.15) is 27.2 Å². The lowest BCUT2D eigenvalue weighted by atomic mass is 10.2. The molecule has 0 aromatic rings. The highest BCUT2D eigenvalue weighted by atomic mass is 16.6. The molecule has 0 aromatic carbocycles. The minimum atomic E-state index is -0.536. The van der Waals surface area contributed by atoms with Crippen LogP contribution in [0.5, 0.6) is 0 Å². The summed E-state index contributed by atoms with van der Waals surface area (Å²) >= 11 is 0. The highest BCUT2D eigenvalue weighted by molar-refractivity contribution is 5.68. The first-order chi connectivity index (χ1) is 9.17. The molecule has 0 fully saturated rings. The number of hydrogen-bond acceptors (Lipinski definition) is 4. The number of carbonyl (C=O) groups is 2. The second-order valence-corrected chi connectivity index (χ2v) is 5.39. The highest BCUT2D eigenvalue weighted by Gasteiger charge is 2.20. The van der Waals surface area contributed by atoms with Crippen LogP contribution in [0.25, 0.3) is 0 Å². The van der Waals surface area contributed by atoms with Gasteiger partial charge in [-0.25, -0.2) is 9.59 Å². The molecule has 0 heterocycles. The van der Waals surface area contributed by atoms with Crippen molar-refractivity contribution in [3.8, 4) is 12.3 Å². The lowest BCUT2D eigenvalue weighted by Crippen LogP contribution is -2.40. The summed E-state index contributed by atoms with van der Waals surface area (Å²) in [6.45, 7) is 6.30. The van der Waals surface area contributed by atoms with Gasteiger partial charge < -0.3 is 19.3 Å². The Morgan fingerprint density at radius 1 is 1.10 bits per heavy atom. The van der Waals surface area contributed by atoms with Crippen LogP contribution >= 0.6 is 0 Å². The normalized spacial score (nSPS) is 10.4. The Kier molecular flexibility index (Phi) is 7.52. The third-order valence-electron chi connectivity index (χ3n) is 2.26. The van der Waals surface area contributed by atoms with E-state index in [0.717, 1.165) is 0 Å². The van der Waals surface area contributed by atoms with E-state index in [1.807, 2.05) is 0 Å². The van der Waals surface area contributed by atoms with E-state index in [1.165, 1.54) is 9.80 Å². The standard InChI is InChI=1S/C14H24N2O4/c1-7-8-11-19-12(17)15(5)9-10-16(6)13(18)20-14(2,3)4/h1H,8-11H2,2-6H3. The number of ether oxygens (including phenoxy) is 2. The van der Waals surface area contributed by atoms with Gasteiger partial charge in [0.05, 0.1) is 0 Å². The fraction of sp³-hybridized carbons (Fsp3) is 0.714. The zero-order valence-corrected chi connectivity index (χ0v) is 12.9. The van der Waals surface area contributed by atoms with Gasteiger partial charge in [0.2, 0.25) is 0 Å². The zero-order chi connectivity index (χ0) is 15.8. The quantitative estimate of drug-likeness (QED) is 0.572. The molecule has 114 valence electrons. The predicted molar refractivity (Wildman–Crippen MR) is 76.3 cm³/mol. The molecule has 0 N–H and O–H groups in total. The molecule has 0 saturated heterocycles.